The molecule has 0 saturated heterocycles. The van der Waals surface area contributed by atoms with Gasteiger partial charge < -0.3 is 18.5 Å². The zero-order chi connectivity index (χ0) is 34.4. The number of nitrogens with zero attached hydrogens (tertiary/aromatic N) is 3. The van der Waals surface area contributed by atoms with Crippen LogP contribution < -0.4 is 21.3 Å². The molecule has 2 aliphatic rings. The molecule has 0 atom stereocenters. The molecule has 13 rings (SSSR count). The van der Waals surface area contributed by atoms with Crippen molar-refractivity contribution in [3.8, 4) is 11.4 Å². The second-order valence-corrected chi connectivity index (χ2v) is 14.4. The molecule has 0 fully saturated rings. The number of fused-ring (bicyclic) bond motifs is 14. The minimum atomic E-state index is -0.0416. The molecule has 0 spiro atoms. The highest BCUT2D eigenvalue weighted by atomic mass is 16.3. The Hall–Kier alpha value is -6.98. The fraction of sp³-hybridized carbons (Fsp3) is 0. The fourth-order valence-corrected chi connectivity index (χ4v) is 9.84. The molecular weight excluding hydrogens is 645 g/mol. The van der Waals surface area contributed by atoms with Crippen LogP contribution in [-0.2, 0) is 0 Å². The Bertz CT molecular complexity index is 3320. The Kier molecular flexibility index (Phi) is 5.16. The topological polar surface area (TPSA) is 26.2 Å². The van der Waals surface area contributed by atoms with Crippen molar-refractivity contribution in [2.75, 3.05) is 4.90 Å². The van der Waals surface area contributed by atoms with Crippen LogP contribution in [0.4, 0.5) is 17.1 Å². The average molecular weight is 674 g/mol. The smallest absolute Gasteiger partial charge is 0.257 e. The third-order valence-corrected chi connectivity index (χ3v) is 11.8. The monoisotopic (exact) mass is 673 g/mol. The second kappa shape index (κ2) is 9.87. The summed E-state index contributed by atoms with van der Waals surface area (Å²) in [6.45, 7) is -0.0416. The molecule has 0 radical (unpaired) electrons. The van der Waals surface area contributed by atoms with Gasteiger partial charge in [0.25, 0.3) is 6.71 Å². The molecule has 2 aliphatic heterocycles. The zero-order valence-electron chi connectivity index (χ0n) is 28.5. The number of furan rings is 1. The predicted molar refractivity (Wildman–Crippen MR) is 222 cm³/mol. The number of benzene rings is 8. The summed E-state index contributed by atoms with van der Waals surface area (Å²) in [5, 5.41) is 7.38. The van der Waals surface area contributed by atoms with Gasteiger partial charge in [0.05, 0.1) is 22.2 Å². The van der Waals surface area contributed by atoms with E-state index in [9.17, 15) is 0 Å². The van der Waals surface area contributed by atoms with E-state index in [1.165, 1.54) is 76.8 Å². The minimum Gasteiger partial charge on any atom is -0.457 e. The van der Waals surface area contributed by atoms with Gasteiger partial charge in [0.2, 0.25) is 0 Å². The summed E-state index contributed by atoms with van der Waals surface area (Å²) in [6, 6.07) is 62.0. The highest BCUT2D eigenvalue weighted by molar-refractivity contribution is 7.01. The lowest BCUT2D eigenvalue weighted by Gasteiger charge is -2.35. The Morgan fingerprint density at radius 3 is 1.68 bits per heavy atom. The third-order valence-electron chi connectivity index (χ3n) is 11.8. The summed E-state index contributed by atoms with van der Waals surface area (Å²) in [5.74, 6) is 0. The van der Waals surface area contributed by atoms with Crippen molar-refractivity contribution in [2.24, 2.45) is 0 Å². The van der Waals surface area contributed by atoms with Gasteiger partial charge in [-0.15, -0.1) is 0 Å². The molecule has 0 unspecified atom stereocenters. The first-order valence-electron chi connectivity index (χ1n) is 18.3. The first kappa shape index (κ1) is 27.7. The first-order valence-corrected chi connectivity index (χ1v) is 18.3. The van der Waals surface area contributed by atoms with Crippen LogP contribution in [0.2, 0.25) is 0 Å². The van der Waals surface area contributed by atoms with Crippen molar-refractivity contribution in [3.63, 3.8) is 0 Å². The van der Waals surface area contributed by atoms with Crippen molar-refractivity contribution in [2.45, 2.75) is 0 Å². The molecular formula is C48H28BN3O. The number of rotatable bonds is 3. The molecule has 0 amide bonds. The maximum Gasteiger partial charge on any atom is 0.257 e. The maximum atomic E-state index is 6.97. The van der Waals surface area contributed by atoms with Gasteiger partial charge in [-0.25, -0.2) is 0 Å². The summed E-state index contributed by atoms with van der Waals surface area (Å²) < 4.78 is 12.1. The molecule has 244 valence electrons. The quantitative estimate of drug-likeness (QED) is 0.175. The normalized spacial score (nSPS) is 12.9. The Balaban J connectivity index is 1.28. The van der Waals surface area contributed by atoms with Gasteiger partial charge >= 0.3 is 0 Å². The van der Waals surface area contributed by atoms with Crippen molar-refractivity contribution >= 4 is 106 Å². The van der Waals surface area contributed by atoms with E-state index < -0.39 is 0 Å². The summed E-state index contributed by atoms with van der Waals surface area (Å²) in [4.78, 5) is 2.40. The second-order valence-electron chi connectivity index (χ2n) is 14.4. The van der Waals surface area contributed by atoms with E-state index in [-0.39, 0.29) is 6.71 Å². The number of hydrogen-bond acceptors (Lipinski definition) is 2. The van der Waals surface area contributed by atoms with Crippen LogP contribution in [0.3, 0.4) is 0 Å². The summed E-state index contributed by atoms with van der Waals surface area (Å²) in [6.07, 6.45) is 0. The van der Waals surface area contributed by atoms with E-state index in [4.69, 9.17) is 4.42 Å². The standard InChI is InChI=1S/C48H28BN3O/c1-3-14-29(15-4-1)50(30-16-5-2-6-17-30)31-26-41-44-42(27-31)52-40-24-11-8-19-33(40)36-28-37-34-20-9-12-25-43(34)53-48(37)45(47(36)52)49(44)38-22-13-21-35-32-18-7-10-23-39(32)51(41)46(35)38/h1-28H. The summed E-state index contributed by atoms with van der Waals surface area (Å²) in [7, 11) is 0. The third kappa shape index (κ3) is 3.42. The van der Waals surface area contributed by atoms with Gasteiger partial charge in [-0.3, -0.25) is 0 Å². The highest BCUT2D eigenvalue weighted by Gasteiger charge is 2.43. The van der Waals surface area contributed by atoms with Gasteiger partial charge in [0.1, 0.15) is 11.2 Å². The average Bonchev–Trinajstić information content (AvgIpc) is 3.88. The van der Waals surface area contributed by atoms with Gasteiger partial charge in [-0.05, 0) is 77.1 Å². The molecule has 0 aliphatic carbocycles. The molecule has 4 nitrogen and oxygen atoms in total. The molecule has 0 saturated carbocycles. The number of para-hydroxylation sites is 6. The van der Waals surface area contributed by atoms with Crippen LogP contribution >= 0.6 is 0 Å². The molecule has 53 heavy (non-hydrogen) atoms. The fourth-order valence-electron chi connectivity index (χ4n) is 9.84. The van der Waals surface area contributed by atoms with E-state index in [1.807, 2.05) is 0 Å². The van der Waals surface area contributed by atoms with Gasteiger partial charge in [0, 0.05) is 60.6 Å². The van der Waals surface area contributed by atoms with Crippen LogP contribution in [0.5, 0.6) is 0 Å². The summed E-state index contributed by atoms with van der Waals surface area (Å²) >= 11 is 0. The minimum absolute atomic E-state index is 0.0416. The van der Waals surface area contributed by atoms with E-state index in [2.05, 4.69) is 184 Å². The molecule has 5 heteroatoms. The lowest BCUT2D eigenvalue weighted by molar-refractivity contribution is 0.671. The predicted octanol–water partition coefficient (Wildman–Crippen LogP) is 10.4. The van der Waals surface area contributed by atoms with Gasteiger partial charge in [-0.2, -0.15) is 0 Å². The molecule has 8 aromatic carbocycles. The van der Waals surface area contributed by atoms with E-state index in [0.29, 0.717) is 0 Å². The van der Waals surface area contributed by atoms with Crippen LogP contribution in [0.1, 0.15) is 0 Å². The highest BCUT2D eigenvalue weighted by Crippen LogP contribution is 2.45. The lowest BCUT2D eigenvalue weighted by atomic mass is 9.34. The molecule has 5 heterocycles. The SMILES string of the molecule is c1ccc(N(c2ccccc2)c2cc3c4c(c2)-n2c5ccccc5c5cc6c(oc7ccccc76)c(c52)B4c2cccc4c5ccccc5n-3c24)cc1. The number of hydrogen-bond donors (Lipinski definition) is 0. The Morgan fingerprint density at radius 2 is 0.981 bits per heavy atom. The first-order chi connectivity index (χ1) is 26.3. The van der Waals surface area contributed by atoms with Crippen molar-refractivity contribution in [1.29, 1.82) is 0 Å². The molecule has 3 aromatic heterocycles. The van der Waals surface area contributed by atoms with Crippen LogP contribution in [-0.4, -0.2) is 15.8 Å². The molecule has 11 aromatic rings. The van der Waals surface area contributed by atoms with Crippen molar-refractivity contribution < 1.29 is 4.42 Å². The van der Waals surface area contributed by atoms with Crippen LogP contribution in [0.15, 0.2) is 174 Å². The largest absolute Gasteiger partial charge is 0.457 e. The van der Waals surface area contributed by atoms with E-state index in [1.54, 1.807) is 0 Å². The molecule has 0 bridgehead atoms. The molecule has 0 N–H and O–H groups in total. The van der Waals surface area contributed by atoms with Gasteiger partial charge in [0.15, 0.2) is 0 Å². The van der Waals surface area contributed by atoms with Crippen LogP contribution in [0, 0.1) is 0 Å². The maximum absolute atomic E-state index is 6.97. The lowest BCUT2D eigenvalue weighted by Crippen LogP contribution is -2.59. The number of aromatic nitrogens is 2. The zero-order valence-corrected chi connectivity index (χ0v) is 28.5. The Labute approximate surface area is 304 Å². The number of anilines is 3. The van der Waals surface area contributed by atoms with Crippen LogP contribution in [0.25, 0.3) is 76.9 Å². The Morgan fingerprint density at radius 1 is 0.415 bits per heavy atom. The van der Waals surface area contributed by atoms with Crippen molar-refractivity contribution in [3.05, 3.63) is 170 Å². The van der Waals surface area contributed by atoms with Crippen molar-refractivity contribution in [1.82, 2.24) is 9.13 Å². The van der Waals surface area contributed by atoms with Gasteiger partial charge in [-0.1, -0.05) is 109 Å². The van der Waals surface area contributed by atoms with E-state index in [0.717, 1.165) is 33.6 Å². The van der Waals surface area contributed by atoms with E-state index >= 15 is 0 Å². The summed E-state index contributed by atoms with van der Waals surface area (Å²) in [5.41, 5.74) is 16.4.